The first kappa shape index (κ1) is 16.1. The van der Waals surface area contributed by atoms with E-state index in [1.54, 1.807) is 4.90 Å². The normalized spacial score (nSPS) is 28.7. The second kappa shape index (κ2) is 6.22. The molecule has 2 atom stereocenters. The number of carbonyl (C=O) groups is 2. The summed E-state index contributed by atoms with van der Waals surface area (Å²) in [6, 6.07) is 0.110. The summed E-state index contributed by atoms with van der Waals surface area (Å²) in [7, 11) is 4.03. The number of hydrogen-bond donors (Lipinski definition) is 2. The molecule has 2 unspecified atom stereocenters. The van der Waals surface area contributed by atoms with Gasteiger partial charge in [-0.3, -0.25) is 0 Å². The number of nitrogens with zero attached hydrogens (tertiary/aromatic N) is 2. The van der Waals surface area contributed by atoms with E-state index in [0.717, 1.165) is 19.3 Å². The third-order valence-electron chi connectivity index (χ3n) is 4.99. The Morgan fingerprint density at radius 3 is 2.29 bits per heavy atom. The fourth-order valence-electron chi connectivity index (χ4n) is 3.62. The summed E-state index contributed by atoms with van der Waals surface area (Å²) < 4.78 is 0. The Hall–Kier alpha value is -1.30. The van der Waals surface area contributed by atoms with E-state index in [9.17, 15) is 14.7 Å². The first-order chi connectivity index (χ1) is 9.85. The number of hydrogen-bond acceptors (Lipinski definition) is 3. The van der Waals surface area contributed by atoms with Gasteiger partial charge in [0.15, 0.2) is 0 Å². The molecule has 1 saturated heterocycles. The van der Waals surface area contributed by atoms with Gasteiger partial charge < -0.3 is 20.2 Å². The summed E-state index contributed by atoms with van der Waals surface area (Å²) in [6.45, 7) is 3.48. The average Bonchev–Trinajstić information content (AvgIpc) is 2.82. The molecule has 6 nitrogen and oxygen atoms in total. The van der Waals surface area contributed by atoms with Crippen molar-refractivity contribution < 1.29 is 14.7 Å². The molecule has 0 spiro atoms. The lowest BCUT2D eigenvalue weighted by atomic mass is 9.82. The molecule has 0 bridgehead atoms. The van der Waals surface area contributed by atoms with Crippen LogP contribution in [0.4, 0.5) is 4.79 Å². The molecule has 6 heteroatoms. The zero-order valence-electron chi connectivity index (χ0n) is 13.3. The lowest BCUT2D eigenvalue weighted by Gasteiger charge is -2.35. The van der Waals surface area contributed by atoms with Gasteiger partial charge in [0.05, 0.1) is 0 Å². The molecule has 2 N–H and O–H groups in total. The van der Waals surface area contributed by atoms with Crippen LogP contribution < -0.4 is 5.32 Å². The molecule has 2 rings (SSSR count). The fourth-order valence-corrected chi connectivity index (χ4v) is 3.62. The molecule has 0 aromatic carbocycles. The predicted octanol–water partition coefficient (Wildman–Crippen LogP) is 1.37. The van der Waals surface area contributed by atoms with E-state index < -0.39 is 11.5 Å². The van der Waals surface area contributed by atoms with Crippen molar-refractivity contribution in [2.75, 3.05) is 27.2 Å². The Morgan fingerprint density at radius 2 is 1.81 bits per heavy atom. The van der Waals surface area contributed by atoms with Gasteiger partial charge in [-0.15, -0.1) is 0 Å². The van der Waals surface area contributed by atoms with E-state index >= 15 is 0 Å². The molecule has 1 aliphatic heterocycles. The minimum absolute atomic E-state index is 0.226. The number of carboxylic acids is 1. The van der Waals surface area contributed by atoms with E-state index in [-0.39, 0.29) is 6.03 Å². The third-order valence-corrected chi connectivity index (χ3v) is 4.99. The quantitative estimate of drug-likeness (QED) is 0.825. The Balaban J connectivity index is 2.02. The molecular formula is C15H27N3O3. The van der Waals surface area contributed by atoms with Crippen LogP contribution >= 0.6 is 0 Å². The smallest absolute Gasteiger partial charge is 0.329 e. The number of rotatable bonds is 3. The van der Waals surface area contributed by atoms with Crippen molar-refractivity contribution in [3.05, 3.63) is 0 Å². The topological polar surface area (TPSA) is 72.9 Å². The van der Waals surface area contributed by atoms with Crippen LogP contribution in [0.3, 0.4) is 0 Å². The highest BCUT2D eigenvalue weighted by Crippen LogP contribution is 2.29. The van der Waals surface area contributed by atoms with E-state index in [1.807, 2.05) is 14.1 Å². The number of nitrogens with one attached hydrogen (secondary N) is 1. The first-order valence-electron chi connectivity index (χ1n) is 7.82. The van der Waals surface area contributed by atoms with Crippen LogP contribution in [-0.2, 0) is 4.79 Å². The van der Waals surface area contributed by atoms with Crippen LogP contribution in [0.1, 0.15) is 39.0 Å². The molecule has 2 fully saturated rings. The van der Waals surface area contributed by atoms with E-state index in [4.69, 9.17) is 0 Å². The maximum absolute atomic E-state index is 12.5. The van der Waals surface area contributed by atoms with Gasteiger partial charge in [0, 0.05) is 19.1 Å². The molecular weight excluding hydrogens is 270 g/mol. The highest BCUT2D eigenvalue weighted by molar-refractivity contribution is 5.86. The molecule has 1 heterocycles. The second-order valence-electron chi connectivity index (χ2n) is 6.79. The Morgan fingerprint density at radius 1 is 1.19 bits per heavy atom. The van der Waals surface area contributed by atoms with Crippen molar-refractivity contribution in [3.63, 3.8) is 0 Å². The van der Waals surface area contributed by atoms with Gasteiger partial charge in [-0.25, -0.2) is 9.59 Å². The van der Waals surface area contributed by atoms with Crippen LogP contribution in [0.15, 0.2) is 0 Å². The summed E-state index contributed by atoms with van der Waals surface area (Å²) in [4.78, 5) is 28.0. The molecule has 1 saturated carbocycles. The summed E-state index contributed by atoms with van der Waals surface area (Å²) in [6.07, 6.45) is 3.85. The van der Waals surface area contributed by atoms with Gasteiger partial charge in [-0.05, 0) is 32.9 Å². The van der Waals surface area contributed by atoms with Crippen molar-refractivity contribution in [1.29, 1.82) is 0 Å². The van der Waals surface area contributed by atoms with Crippen LogP contribution in [0.25, 0.3) is 0 Å². The maximum atomic E-state index is 12.5. The fraction of sp³-hybridized carbons (Fsp3) is 0.867. The van der Waals surface area contributed by atoms with Crippen LogP contribution in [-0.4, -0.2) is 65.7 Å². The lowest BCUT2D eigenvalue weighted by molar-refractivity contribution is -0.145. The summed E-state index contributed by atoms with van der Waals surface area (Å²) >= 11 is 0. The van der Waals surface area contributed by atoms with E-state index in [1.165, 1.54) is 0 Å². The SMILES string of the molecule is CC1CN(C(=O)NC2(C(=O)O)CCCCC2)CC1N(C)C. The van der Waals surface area contributed by atoms with Gasteiger partial charge in [0.25, 0.3) is 0 Å². The van der Waals surface area contributed by atoms with Crippen LogP contribution in [0.5, 0.6) is 0 Å². The number of aliphatic carboxylic acids is 1. The molecule has 0 aromatic rings. The standard InChI is InChI=1S/C15H27N3O3/c1-11-9-18(10-12(11)17(2)3)14(21)16-15(13(19)20)7-5-4-6-8-15/h11-12H,4-10H2,1-3H3,(H,16,21)(H,19,20). The Kier molecular flexibility index (Phi) is 4.76. The zero-order valence-corrected chi connectivity index (χ0v) is 13.3. The summed E-state index contributed by atoms with van der Waals surface area (Å²) in [5.41, 5.74) is -1.06. The number of likely N-dealkylation sites (tertiary alicyclic amines) is 1. The minimum Gasteiger partial charge on any atom is -0.480 e. The van der Waals surface area contributed by atoms with Gasteiger partial charge in [0.2, 0.25) is 0 Å². The van der Waals surface area contributed by atoms with E-state index in [0.29, 0.717) is 37.9 Å². The van der Waals surface area contributed by atoms with Crippen molar-refractivity contribution in [2.45, 2.75) is 50.6 Å². The predicted molar refractivity (Wildman–Crippen MR) is 80.2 cm³/mol. The summed E-state index contributed by atoms with van der Waals surface area (Å²) in [5, 5.41) is 12.4. The number of amides is 2. The zero-order chi connectivity index (χ0) is 15.6. The summed E-state index contributed by atoms with van der Waals surface area (Å²) in [5.74, 6) is -0.496. The monoisotopic (exact) mass is 297 g/mol. The molecule has 2 aliphatic rings. The number of likely N-dealkylation sites (N-methyl/N-ethyl adjacent to an activating group) is 1. The third kappa shape index (κ3) is 3.31. The Labute approximate surface area is 126 Å². The van der Waals surface area contributed by atoms with Crippen LogP contribution in [0.2, 0.25) is 0 Å². The molecule has 21 heavy (non-hydrogen) atoms. The molecule has 120 valence electrons. The maximum Gasteiger partial charge on any atom is 0.329 e. The van der Waals surface area contributed by atoms with Gasteiger partial charge in [-0.1, -0.05) is 26.2 Å². The molecule has 2 amide bonds. The number of carboxylic acid groups (broad SMARTS) is 1. The van der Waals surface area contributed by atoms with E-state index in [2.05, 4.69) is 17.1 Å². The van der Waals surface area contributed by atoms with Crippen molar-refractivity contribution in [1.82, 2.24) is 15.1 Å². The van der Waals surface area contributed by atoms with Gasteiger partial charge in [-0.2, -0.15) is 0 Å². The van der Waals surface area contributed by atoms with Crippen molar-refractivity contribution in [3.8, 4) is 0 Å². The first-order valence-corrected chi connectivity index (χ1v) is 7.82. The second-order valence-corrected chi connectivity index (χ2v) is 6.79. The highest BCUT2D eigenvalue weighted by Gasteiger charge is 2.43. The van der Waals surface area contributed by atoms with Crippen LogP contribution in [0, 0.1) is 5.92 Å². The average molecular weight is 297 g/mol. The molecule has 1 aliphatic carbocycles. The highest BCUT2D eigenvalue weighted by atomic mass is 16.4. The lowest BCUT2D eigenvalue weighted by Crippen LogP contribution is -2.58. The number of urea groups is 1. The van der Waals surface area contributed by atoms with Gasteiger partial charge >= 0.3 is 12.0 Å². The number of carbonyl (C=O) groups excluding carboxylic acids is 1. The Bertz CT molecular complexity index is 405. The minimum atomic E-state index is -1.06. The van der Waals surface area contributed by atoms with Crippen molar-refractivity contribution in [2.24, 2.45) is 5.92 Å². The van der Waals surface area contributed by atoms with Crippen molar-refractivity contribution >= 4 is 12.0 Å². The van der Waals surface area contributed by atoms with Gasteiger partial charge in [0.1, 0.15) is 5.54 Å². The largest absolute Gasteiger partial charge is 0.480 e. The molecule has 0 aromatic heterocycles. The molecule has 0 radical (unpaired) electrons.